The van der Waals surface area contributed by atoms with E-state index in [0.717, 1.165) is 4.47 Å². The van der Waals surface area contributed by atoms with Crippen molar-refractivity contribution in [2.75, 3.05) is 0 Å². The van der Waals surface area contributed by atoms with Gasteiger partial charge in [-0.15, -0.1) is 5.10 Å². The Hall–Kier alpha value is -2.16. The smallest absolute Gasteiger partial charge is 0.325 e. The number of halogens is 1. The molecule has 0 saturated heterocycles. The lowest BCUT2D eigenvalue weighted by Gasteiger charge is -2.03. The Labute approximate surface area is 122 Å². The van der Waals surface area contributed by atoms with Crippen molar-refractivity contribution in [3.05, 3.63) is 34.3 Å². The van der Waals surface area contributed by atoms with Gasteiger partial charge in [0.25, 0.3) is 5.91 Å². The predicted octanol–water partition coefficient (Wildman–Crippen LogP) is 0.394. The van der Waals surface area contributed by atoms with Gasteiger partial charge in [-0.25, -0.2) is 4.68 Å². The molecular weight excluding hydrogens is 330 g/mol. The highest BCUT2D eigenvalue weighted by Gasteiger charge is 2.11. The molecule has 9 heteroatoms. The summed E-state index contributed by atoms with van der Waals surface area (Å²) in [6.45, 7) is -0.0764. The molecule has 0 atom stereocenters. The van der Waals surface area contributed by atoms with E-state index in [0.29, 0.717) is 11.4 Å². The fourth-order valence-corrected chi connectivity index (χ4v) is 2.17. The van der Waals surface area contributed by atoms with Crippen LogP contribution in [0.3, 0.4) is 0 Å². The molecular formula is C11H12BrN5O3. The summed E-state index contributed by atoms with van der Waals surface area (Å²) in [6.07, 6.45) is 3.26. The summed E-state index contributed by atoms with van der Waals surface area (Å²) >= 11 is 3.29. The summed E-state index contributed by atoms with van der Waals surface area (Å²) in [4.78, 5) is 22.4. The minimum absolute atomic E-state index is 0.182. The normalized spacial score (nSPS) is 10.5. The Bertz CT molecular complexity index is 648. The molecule has 2 rings (SSSR count). The van der Waals surface area contributed by atoms with E-state index in [1.165, 1.54) is 10.9 Å². The number of carboxylic acid groups (broad SMARTS) is 1. The molecule has 0 spiro atoms. The third-order valence-electron chi connectivity index (χ3n) is 2.52. The number of nitrogens with zero attached hydrogens (tertiary/aromatic N) is 4. The number of hydrogen-bond donors (Lipinski definition) is 2. The minimum atomic E-state index is -1.00. The first kappa shape index (κ1) is 14.3. The molecule has 0 bridgehead atoms. The molecule has 2 aromatic rings. The third kappa shape index (κ3) is 3.44. The van der Waals surface area contributed by atoms with E-state index in [9.17, 15) is 9.59 Å². The Morgan fingerprint density at radius 2 is 2.20 bits per heavy atom. The van der Waals surface area contributed by atoms with Crippen LogP contribution in [0.5, 0.6) is 0 Å². The number of carbonyl (C=O) groups is 2. The molecule has 0 aliphatic carbocycles. The molecule has 0 saturated carbocycles. The molecule has 0 aliphatic rings. The maximum atomic E-state index is 11.9. The first-order valence-electron chi connectivity index (χ1n) is 5.66. The first-order valence-corrected chi connectivity index (χ1v) is 6.46. The number of carboxylic acids is 1. The van der Waals surface area contributed by atoms with E-state index in [4.69, 9.17) is 5.11 Å². The van der Waals surface area contributed by atoms with Gasteiger partial charge in [0.2, 0.25) is 0 Å². The maximum absolute atomic E-state index is 11.9. The first-order chi connectivity index (χ1) is 9.45. The molecule has 0 aliphatic heterocycles. The molecule has 2 aromatic heterocycles. The zero-order chi connectivity index (χ0) is 14.7. The van der Waals surface area contributed by atoms with Gasteiger partial charge in [-0.1, -0.05) is 5.21 Å². The number of nitrogens with one attached hydrogen (secondary N) is 1. The van der Waals surface area contributed by atoms with Gasteiger partial charge in [-0.2, -0.15) is 0 Å². The lowest BCUT2D eigenvalue weighted by Crippen LogP contribution is -2.24. The summed E-state index contributed by atoms with van der Waals surface area (Å²) in [5.74, 6) is -1.25. The SMILES string of the molecule is Cn1cc(Br)cc1C(=O)NCc1cn(CC(=O)O)nn1. The van der Waals surface area contributed by atoms with Crippen molar-refractivity contribution in [2.45, 2.75) is 13.1 Å². The summed E-state index contributed by atoms with van der Waals surface area (Å²) in [5, 5.41) is 18.7. The summed E-state index contributed by atoms with van der Waals surface area (Å²) in [7, 11) is 1.77. The van der Waals surface area contributed by atoms with Gasteiger partial charge in [0, 0.05) is 17.7 Å². The van der Waals surface area contributed by atoms with E-state index in [-0.39, 0.29) is 19.0 Å². The van der Waals surface area contributed by atoms with E-state index in [1.807, 2.05) is 0 Å². The van der Waals surface area contributed by atoms with Crippen molar-refractivity contribution in [2.24, 2.45) is 7.05 Å². The van der Waals surface area contributed by atoms with Gasteiger partial charge in [0.15, 0.2) is 0 Å². The average molecular weight is 342 g/mol. The van der Waals surface area contributed by atoms with Crippen molar-refractivity contribution in [3.63, 3.8) is 0 Å². The Kier molecular flexibility index (Phi) is 4.18. The fraction of sp³-hybridized carbons (Fsp3) is 0.273. The van der Waals surface area contributed by atoms with Gasteiger partial charge in [-0.05, 0) is 22.0 Å². The van der Waals surface area contributed by atoms with Crippen LogP contribution in [0.4, 0.5) is 0 Å². The molecule has 0 unspecified atom stereocenters. The van der Waals surface area contributed by atoms with Crippen LogP contribution in [-0.4, -0.2) is 36.5 Å². The van der Waals surface area contributed by atoms with Gasteiger partial charge in [-0.3, -0.25) is 9.59 Å². The summed E-state index contributed by atoms with van der Waals surface area (Å²) < 4.78 is 3.71. The zero-order valence-electron chi connectivity index (χ0n) is 10.6. The molecule has 1 amide bonds. The van der Waals surface area contributed by atoms with Gasteiger partial charge in [0.05, 0.1) is 12.7 Å². The highest BCUT2D eigenvalue weighted by Crippen LogP contribution is 2.13. The van der Waals surface area contributed by atoms with Crippen molar-refractivity contribution in [1.82, 2.24) is 24.9 Å². The van der Waals surface area contributed by atoms with Crippen molar-refractivity contribution >= 4 is 27.8 Å². The van der Waals surface area contributed by atoms with E-state index >= 15 is 0 Å². The average Bonchev–Trinajstić information content (AvgIpc) is 2.92. The quantitative estimate of drug-likeness (QED) is 0.819. The third-order valence-corrected chi connectivity index (χ3v) is 2.95. The molecule has 2 heterocycles. The van der Waals surface area contributed by atoms with Crippen LogP contribution in [0.1, 0.15) is 16.2 Å². The fourth-order valence-electron chi connectivity index (χ4n) is 1.65. The second kappa shape index (κ2) is 5.87. The lowest BCUT2D eigenvalue weighted by atomic mass is 10.4. The molecule has 8 nitrogen and oxygen atoms in total. The largest absolute Gasteiger partial charge is 0.480 e. The van der Waals surface area contributed by atoms with Crippen LogP contribution in [0.25, 0.3) is 0 Å². The predicted molar refractivity (Wildman–Crippen MR) is 71.9 cm³/mol. The number of rotatable bonds is 5. The number of hydrogen-bond acceptors (Lipinski definition) is 4. The molecule has 0 fully saturated rings. The van der Waals surface area contributed by atoms with E-state index in [2.05, 4.69) is 31.6 Å². The number of amides is 1. The lowest BCUT2D eigenvalue weighted by molar-refractivity contribution is -0.137. The van der Waals surface area contributed by atoms with Crippen LogP contribution < -0.4 is 5.32 Å². The number of carbonyl (C=O) groups excluding carboxylic acids is 1. The monoisotopic (exact) mass is 341 g/mol. The van der Waals surface area contributed by atoms with Crippen LogP contribution in [0.15, 0.2) is 22.9 Å². The second-order valence-electron chi connectivity index (χ2n) is 4.14. The van der Waals surface area contributed by atoms with Crippen molar-refractivity contribution in [1.29, 1.82) is 0 Å². The molecule has 20 heavy (non-hydrogen) atoms. The molecule has 0 radical (unpaired) electrons. The van der Waals surface area contributed by atoms with Gasteiger partial charge < -0.3 is 15.0 Å². The van der Waals surface area contributed by atoms with Crippen LogP contribution in [0, 0.1) is 0 Å². The number of aromatic nitrogens is 4. The van der Waals surface area contributed by atoms with E-state index < -0.39 is 5.97 Å². The van der Waals surface area contributed by atoms with Gasteiger partial charge in [0.1, 0.15) is 17.9 Å². The Balaban J connectivity index is 1.95. The van der Waals surface area contributed by atoms with Crippen LogP contribution in [-0.2, 0) is 24.9 Å². The summed E-state index contributed by atoms with van der Waals surface area (Å²) in [5.41, 5.74) is 1.00. The second-order valence-corrected chi connectivity index (χ2v) is 5.05. The topological polar surface area (TPSA) is 102 Å². The zero-order valence-corrected chi connectivity index (χ0v) is 12.2. The van der Waals surface area contributed by atoms with Crippen LogP contribution in [0.2, 0.25) is 0 Å². The van der Waals surface area contributed by atoms with Crippen LogP contribution >= 0.6 is 15.9 Å². The number of aliphatic carboxylic acids is 1. The van der Waals surface area contributed by atoms with E-state index in [1.54, 1.807) is 23.9 Å². The number of aryl methyl sites for hydroxylation is 1. The van der Waals surface area contributed by atoms with Crippen molar-refractivity contribution in [3.8, 4) is 0 Å². The Morgan fingerprint density at radius 1 is 1.45 bits per heavy atom. The highest BCUT2D eigenvalue weighted by molar-refractivity contribution is 9.10. The molecule has 106 valence electrons. The molecule has 2 N–H and O–H groups in total. The Morgan fingerprint density at radius 3 is 2.80 bits per heavy atom. The highest BCUT2D eigenvalue weighted by atomic mass is 79.9. The maximum Gasteiger partial charge on any atom is 0.325 e. The molecule has 0 aromatic carbocycles. The minimum Gasteiger partial charge on any atom is -0.480 e. The standard InChI is InChI=1S/C11H12BrN5O3/c1-16-4-7(12)2-9(16)11(20)13-3-8-5-17(15-14-8)6-10(18)19/h2,4-5H,3,6H2,1H3,(H,13,20)(H,18,19). The van der Waals surface area contributed by atoms with Gasteiger partial charge >= 0.3 is 5.97 Å². The summed E-state index contributed by atoms with van der Waals surface area (Å²) in [6, 6.07) is 1.70. The van der Waals surface area contributed by atoms with Crippen molar-refractivity contribution < 1.29 is 14.7 Å².